The zero-order valence-corrected chi connectivity index (χ0v) is 12.9. The standard InChI is InChI=1S/C17H25NO3/c1-4-9-18(13-15(3)17(19)20)10-6-11-21-16-8-5-7-14(2)12-16/h4-5,7-8,12,15H,1,6,9-11,13H2,2-3H3,(H,19,20). The van der Waals surface area contributed by atoms with Crippen LogP contribution in [0.15, 0.2) is 36.9 Å². The van der Waals surface area contributed by atoms with Crippen LogP contribution in [0.3, 0.4) is 0 Å². The third kappa shape index (κ3) is 6.95. The topological polar surface area (TPSA) is 49.8 Å². The highest BCUT2D eigenvalue weighted by atomic mass is 16.5. The Bertz CT molecular complexity index is 459. The van der Waals surface area contributed by atoms with Gasteiger partial charge in [-0.3, -0.25) is 9.69 Å². The van der Waals surface area contributed by atoms with Crippen LogP contribution in [-0.2, 0) is 4.79 Å². The van der Waals surface area contributed by atoms with Gasteiger partial charge in [0.05, 0.1) is 12.5 Å². The lowest BCUT2D eigenvalue weighted by Crippen LogP contribution is -2.33. The molecule has 0 bridgehead atoms. The Kier molecular flexibility index (Phi) is 7.54. The fraction of sp³-hybridized carbons (Fsp3) is 0.471. The monoisotopic (exact) mass is 291 g/mol. The van der Waals surface area contributed by atoms with Crippen LogP contribution >= 0.6 is 0 Å². The van der Waals surface area contributed by atoms with Crippen molar-refractivity contribution in [1.29, 1.82) is 0 Å². The first-order valence-corrected chi connectivity index (χ1v) is 7.28. The van der Waals surface area contributed by atoms with Gasteiger partial charge in [-0.05, 0) is 31.0 Å². The molecule has 0 aliphatic carbocycles. The van der Waals surface area contributed by atoms with Gasteiger partial charge in [-0.15, -0.1) is 6.58 Å². The molecule has 0 aliphatic heterocycles. The number of nitrogens with zero attached hydrogens (tertiary/aromatic N) is 1. The highest BCUT2D eigenvalue weighted by Crippen LogP contribution is 2.12. The van der Waals surface area contributed by atoms with Gasteiger partial charge in [-0.2, -0.15) is 0 Å². The van der Waals surface area contributed by atoms with Crippen LogP contribution in [0.5, 0.6) is 5.75 Å². The van der Waals surface area contributed by atoms with Gasteiger partial charge in [0.25, 0.3) is 0 Å². The van der Waals surface area contributed by atoms with Crippen molar-refractivity contribution in [2.75, 3.05) is 26.2 Å². The number of aryl methyl sites for hydroxylation is 1. The number of hydrogen-bond acceptors (Lipinski definition) is 3. The van der Waals surface area contributed by atoms with E-state index < -0.39 is 5.97 Å². The molecule has 0 spiro atoms. The van der Waals surface area contributed by atoms with Crippen molar-refractivity contribution in [2.45, 2.75) is 20.3 Å². The van der Waals surface area contributed by atoms with Gasteiger partial charge in [0.2, 0.25) is 0 Å². The third-order valence-corrected chi connectivity index (χ3v) is 3.22. The molecule has 0 aromatic heterocycles. The second-order valence-corrected chi connectivity index (χ2v) is 5.31. The number of carboxylic acids is 1. The van der Waals surface area contributed by atoms with E-state index >= 15 is 0 Å². The van der Waals surface area contributed by atoms with Crippen molar-refractivity contribution in [3.05, 3.63) is 42.5 Å². The minimum absolute atomic E-state index is 0.373. The quantitative estimate of drug-likeness (QED) is 0.532. The summed E-state index contributed by atoms with van der Waals surface area (Å²) in [5, 5.41) is 8.97. The molecule has 1 aromatic carbocycles. The van der Waals surface area contributed by atoms with Crippen LogP contribution < -0.4 is 4.74 Å². The summed E-state index contributed by atoms with van der Waals surface area (Å²) in [5.74, 6) is -0.258. The molecule has 0 radical (unpaired) electrons. The Morgan fingerprint density at radius 2 is 2.29 bits per heavy atom. The molecular weight excluding hydrogens is 266 g/mol. The molecule has 0 heterocycles. The molecule has 1 aromatic rings. The van der Waals surface area contributed by atoms with Crippen LogP contribution in [-0.4, -0.2) is 42.2 Å². The number of carbonyl (C=O) groups is 1. The van der Waals surface area contributed by atoms with Crippen molar-refractivity contribution >= 4 is 5.97 Å². The number of carboxylic acid groups (broad SMARTS) is 1. The van der Waals surface area contributed by atoms with Gasteiger partial charge in [0.1, 0.15) is 5.75 Å². The molecular formula is C17H25NO3. The molecule has 0 fully saturated rings. The van der Waals surface area contributed by atoms with Crippen molar-refractivity contribution in [1.82, 2.24) is 4.90 Å². The molecule has 116 valence electrons. The normalized spacial score (nSPS) is 12.1. The Morgan fingerprint density at radius 3 is 2.90 bits per heavy atom. The van der Waals surface area contributed by atoms with Crippen LogP contribution in [0, 0.1) is 12.8 Å². The summed E-state index contributed by atoms with van der Waals surface area (Å²) in [7, 11) is 0. The molecule has 1 atom stereocenters. The molecule has 0 saturated carbocycles. The molecule has 1 rings (SSSR count). The van der Waals surface area contributed by atoms with E-state index in [0.717, 1.165) is 18.7 Å². The SMILES string of the molecule is C=CCN(CCCOc1cccc(C)c1)CC(C)C(=O)O. The summed E-state index contributed by atoms with van der Waals surface area (Å²) in [6, 6.07) is 7.96. The van der Waals surface area contributed by atoms with E-state index in [1.54, 1.807) is 13.0 Å². The first-order valence-electron chi connectivity index (χ1n) is 7.28. The van der Waals surface area contributed by atoms with E-state index in [1.807, 2.05) is 31.2 Å². The van der Waals surface area contributed by atoms with E-state index in [1.165, 1.54) is 5.56 Å². The summed E-state index contributed by atoms with van der Waals surface area (Å²) >= 11 is 0. The predicted octanol–water partition coefficient (Wildman–Crippen LogP) is 2.97. The van der Waals surface area contributed by atoms with Crippen LogP contribution in [0.1, 0.15) is 18.9 Å². The summed E-state index contributed by atoms with van der Waals surface area (Å²) in [6.45, 7) is 10.1. The van der Waals surface area contributed by atoms with Gasteiger partial charge >= 0.3 is 5.97 Å². The zero-order chi connectivity index (χ0) is 15.7. The smallest absolute Gasteiger partial charge is 0.307 e. The van der Waals surface area contributed by atoms with Gasteiger partial charge < -0.3 is 9.84 Å². The maximum Gasteiger partial charge on any atom is 0.307 e. The zero-order valence-electron chi connectivity index (χ0n) is 12.9. The fourth-order valence-corrected chi connectivity index (χ4v) is 2.09. The van der Waals surface area contributed by atoms with Gasteiger partial charge in [-0.25, -0.2) is 0 Å². The number of rotatable bonds is 10. The first kappa shape index (κ1) is 17.2. The average molecular weight is 291 g/mol. The summed E-state index contributed by atoms with van der Waals surface area (Å²) in [6.07, 6.45) is 2.66. The molecule has 0 saturated heterocycles. The lowest BCUT2D eigenvalue weighted by molar-refractivity contribution is -0.141. The summed E-state index contributed by atoms with van der Waals surface area (Å²) in [5.41, 5.74) is 1.18. The Balaban J connectivity index is 2.33. The molecule has 0 amide bonds. The minimum Gasteiger partial charge on any atom is -0.494 e. The van der Waals surface area contributed by atoms with Crippen molar-refractivity contribution in [3.63, 3.8) is 0 Å². The summed E-state index contributed by atoms with van der Waals surface area (Å²) in [4.78, 5) is 13.0. The number of benzene rings is 1. The maximum absolute atomic E-state index is 10.9. The molecule has 21 heavy (non-hydrogen) atoms. The predicted molar refractivity (Wildman–Crippen MR) is 84.7 cm³/mol. The molecule has 0 aliphatic rings. The van der Waals surface area contributed by atoms with E-state index in [2.05, 4.69) is 11.5 Å². The molecule has 1 unspecified atom stereocenters. The minimum atomic E-state index is -0.764. The molecule has 4 nitrogen and oxygen atoms in total. The number of hydrogen-bond donors (Lipinski definition) is 1. The fourth-order valence-electron chi connectivity index (χ4n) is 2.09. The van der Waals surface area contributed by atoms with Crippen molar-refractivity contribution in [2.24, 2.45) is 5.92 Å². The largest absolute Gasteiger partial charge is 0.494 e. The lowest BCUT2D eigenvalue weighted by Gasteiger charge is -2.22. The van der Waals surface area contributed by atoms with Gasteiger partial charge in [0.15, 0.2) is 0 Å². The Morgan fingerprint density at radius 1 is 1.52 bits per heavy atom. The number of ether oxygens (including phenoxy) is 1. The van der Waals surface area contributed by atoms with Crippen molar-refractivity contribution in [3.8, 4) is 5.75 Å². The second kappa shape index (κ2) is 9.19. The van der Waals surface area contributed by atoms with Crippen LogP contribution in [0.25, 0.3) is 0 Å². The Labute approximate surface area is 127 Å². The Hall–Kier alpha value is -1.81. The van der Waals surface area contributed by atoms with Crippen LogP contribution in [0.2, 0.25) is 0 Å². The second-order valence-electron chi connectivity index (χ2n) is 5.31. The van der Waals surface area contributed by atoms with E-state index in [9.17, 15) is 4.79 Å². The highest BCUT2D eigenvalue weighted by Gasteiger charge is 2.15. The van der Waals surface area contributed by atoms with Crippen LogP contribution in [0.4, 0.5) is 0 Å². The molecule has 1 N–H and O–H groups in total. The van der Waals surface area contributed by atoms with E-state index in [0.29, 0.717) is 19.7 Å². The maximum atomic E-state index is 10.9. The van der Waals surface area contributed by atoms with Crippen molar-refractivity contribution < 1.29 is 14.6 Å². The first-order chi connectivity index (χ1) is 10.0. The summed E-state index contributed by atoms with van der Waals surface area (Å²) < 4.78 is 5.70. The third-order valence-electron chi connectivity index (χ3n) is 3.22. The average Bonchev–Trinajstić information content (AvgIpc) is 2.43. The van der Waals surface area contributed by atoms with E-state index in [-0.39, 0.29) is 5.92 Å². The van der Waals surface area contributed by atoms with Gasteiger partial charge in [0, 0.05) is 19.6 Å². The number of aliphatic carboxylic acids is 1. The highest BCUT2D eigenvalue weighted by molar-refractivity contribution is 5.69. The van der Waals surface area contributed by atoms with E-state index in [4.69, 9.17) is 9.84 Å². The molecule has 4 heteroatoms. The lowest BCUT2D eigenvalue weighted by atomic mass is 10.1. The van der Waals surface area contributed by atoms with Gasteiger partial charge in [-0.1, -0.05) is 25.1 Å².